The van der Waals surface area contributed by atoms with Crippen molar-refractivity contribution in [1.82, 2.24) is 14.5 Å². The van der Waals surface area contributed by atoms with Crippen LogP contribution in [0, 0.1) is 11.8 Å². The summed E-state index contributed by atoms with van der Waals surface area (Å²) in [5.74, 6) is -4.22. The second-order valence-corrected chi connectivity index (χ2v) is 19.6. The standard InChI is InChI=1S/C55H93N3O13/c1-5-9-13-17-21-25-29-49(59)66-40-45(41-67-50(60)30-26-22-18-14-10-6-2)35-53(63)70-47-37-48(39-58(38-47)55(65)57-34-33-56-44-57)71-54(64)36-46(42-68-51(61)31-27-23-19-15-11-7-3)43-69-52(62)32-28-24-20-16-12-8-4/h33-34,44-48H,5-32,35-43H2,1-4H3/t47-,48-/m1/s1. The summed E-state index contributed by atoms with van der Waals surface area (Å²) in [6, 6.07) is -0.468. The maximum absolute atomic E-state index is 13.7. The minimum Gasteiger partial charge on any atom is -0.465 e. The van der Waals surface area contributed by atoms with Gasteiger partial charge < -0.3 is 33.3 Å². The van der Waals surface area contributed by atoms with Gasteiger partial charge in [-0.05, 0) is 25.7 Å². The van der Waals surface area contributed by atoms with E-state index in [1.54, 1.807) is 0 Å². The van der Waals surface area contributed by atoms with Gasteiger partial charge in [0.25, 0.3) is 0 Å². The molecule has 0 aliphatic carbocycles. The second kappa shape index (κ2) is 41.0. The van der Waals surface area contributed by atoms with E-state index < -0.39 is 42.0 Å². The van der Waals surface area contributed by atoms with Gasteiger partial charge in [-0.25, -0.2) is 9.78 Å². The third kappa shape index (κ3) is 32.2. The Labute approximate surface area is 426 Å². The molecule has 16 heteroatoms. The topological polar surface area (TPSA) is 196 Å². The third-order valence-corrected chi connectivity index (χ3v) is 12.7. The molecule has 1 saturated heterocycles. The highest BCUT2D eigenvalue weighted by Gasteiger charge is 2.36. The zero-order valence-electron chi connectivity index (χ0n) is 44.4. The summed E-state index contributed by atoms with van der Waals surface area (Å²) in [7, 11) is 0. The Balaban J connectivity index is 2.13. The van der Waals surface area contributed by atoms with Crippen LogP contribution in [0.1, 0.15) is 227 Å². The van der Waals surface area contributed by atoms with Crippen molar-refractivity contribution in [2.75, 3.05) is 39.5 Å². The fourth-order valence-corrected chi connectivity index (χ4v) is 8.47. The number of likely N-dealkylation sites (tertiary alicyclic amines) is 1. The molecule has 0 aromatic carbocycles. The number of piperidine rings is 1. The predicted molar refractivity (Wildman–Crippen MR) is 271 cm³/mol. The van der Waals surface area contributed by atoms with Crippen LogP contribution in [0.3, 0.4) is 0 Å². The summed E-state index contributed by atoms with van der Waals surface area (Å²) in [6.07, 6.45) is 27.4. The third-order valence-electron chi connectivity index (χ3n) is 12.7. The summed E-state index contributed by atoms with van der Waals surface area (Å²) in [6.45, 7) is 8.01. The molecule has 0 saturated carbocycles. The van der Waals surface area contributed by atoms with Crippen molar-refractivity contribution in [3.63, 3.8) is 0 Å². The minimum absolute atomic E-state index is 0.00626. The summed E-state index contributed by atoms with van der Waals surface area (Å²) in [5.41, 5.74) is 0. The van der Waals surface area contributed by atoms with E-state index in [9.17, 15) is 33.6 Å². The monoisotopic (exact) mass is 1000 g/mol. The van der Waals surface area contributed by atoms with Crippen LogP contribution in [0.15, 0.2) is 18.7 Å². The quantitative estimate of drug-likeness (QED) is 0.0341. The Kier molecular flexibility index (Phi) is 36.2. The first-order valence-electron chi connectivity index (χ1n) is 27.8. The number of imidazole rings is 1. The molecule has 1 aliphatic rings. The van der Waals surface area contributed by atoms with Gasteiger partial charge in [-0.2, -0.15) is 0 Å². The van der Waals surface area contributed by atoms with E-state index in [4.69, 9.17) is 28.4 Å². The van der Waals surface area contributed by atoms with E-state index in [-0.39, 0.29) is 108 Å². The lowest BCUT2D eigenvalue weighted by molar-refractivity contribution is -0.166. The van der Waals surface area contributed by atoms with Crippen molar-refractivity contribution in [3.8, 4) is 0 Å². The fraction of sp³-hybridized carbons (Fsp3) is 0.818. The van der Waals surface area contributed by atoms with Gasteiger partial charge in [-0.15, -0.1) is 0 Å². The smallest absolute Gasteiger partial charge is 0.329 e. The summed E-state index contributed by atoms with van der Waals surface area (Å²) in [4.78, 5) is 97.3. The normalized spacial score (nSPS) is 14.6. The molecular formula is C55H93N3O13. The van der Waals surface area contributed by atoms with E-state index in [1.807, 2.05) is 0 Å². The molecule has 0 unspecified atom stereocenters. The number of amides is 1. The summed E-state index contributed by atoms with van der Waals surface area (Å²) < 4.78 is 35.5. The van der Waals surface area contributed by atoms with Crippen LogP contribution in [0.5, 0.6) is 0 Å². The predicted octanol–water partition coefficient (Wildman–Crippen LogP) is 11.6. The Morgan fingerprint density at radius 2 is 0.761 bits per heavy atom. The number of hydrogen-bond acceptors (Lipinski definition) is 14. The van der Waals surface area contributed by atoms with Gasteiger partial charge in [0.1, 0.15) is 18.5 Å². The molecule has 1 aromatic heterocycles. The molecule has 1 aliphatic heterocycles. The second-order valence-electron chi connectivity index (χ2n) is 19.6. The Morgan fingerprint density at radius 3 is 1.06 bits per heavy atom. The van der Waals surface area contributed by atoms with Gasteiger partial charge in [0.05, 0.1) is 52.4 Å². The van der Waals surface area contributed by atoms with Crippen molar-refractivity contribution in [2.24, 2.45) is 11.8 Å². The molecule has 2 atom stereocenters. The highest BCUT2D eigenvalue weighted by Crippen LogP contribution is 2.22. The SMILES string of the molecule is CCCCCCCCC(=O)OCC(COC(=O)CCCCCCCC)CC(=O)O[C@@H]1C[C@@H](OC(=O)CC(COC(=O)CCCCCCCC)COC(=O)CCCCCCCC)CN(C(=O)n2ccnc2)C1. The zero-order chi connectivity index (χ0) is 51.7. The molecule has 2 heterocycles. The lowest BCUT2D eigenvalue weighted by Gasteiger charge is -2.37. The number of nitrogens with zero attached hydrogens (tertiary/aromatic N) is 3. The van der Waals surface area contributed by atoms with Crippen LogP contribution in [0.25, 0.3) is 0 Å². The maximum atomic E-state index is 13.7. The molecule has 16 nitrogen and oxygen atoms in total. The molecule has 0 radical (unpaired) electrons. The number of ether oxygens (including phenoxy) is 6. The maximum Gasteiger partial charge on any atom is 0.329 e. The molecule has 406 valence electrons. The first kappa shape index (κ1) is 62.6. The zero-order valence-corrected chi connectivity index (χ0v) is 44.4. The van der Waals surface area contributed by atoms with Crippen LogP contribution >= 0.6 is 0 Å². The van der Waals surface area contributed by atoms with Gasteiger partial charge in [0, 0.05) is 56.3 Å². The Morgan fingerprint density at radius 1 is 0.451 bits per heavy atom. The van der Waals surface area contributed by atoms with Gasteiger partial charge in [0.15, 0.2) is 0 Å². The van der Waals surface area contributed by atoms with Gasteiger partial charge in [-0.3, -0.25) is 33.3 Å². The number of rotatable bonds is 42. The molecule has 0 bridgehead atoms. The average Bonchev–Trinajstić information content (AvgIpc) is 3.90. The largest absolute Gasteiger partial charge is 0.465 e. The average molecular weight is 1000 g/mol. The Bertz CT molecular complexity index is 1450. The highest BCUT2D eigenvalue weighted by atomic mass is 16.6. The van der Waals surface area contributed by atoms with E-state index >= 15 is 0 Å². The van der Waals surface area contributed by atoms with Crippen LogP contribution in [-0.4, -0.2) is 108 Å². The van der Waals surface area contributed by atoms with Crippen molar-refractivity contribution in [1.29, 1.82) is 0 Å². The molecule has 0 N–H and O–H groups in total. The Hall–Kier alpha value is -4.50. The molecule has 0 spiro atoms. The number of carbonyl (C=O) groups excluding carboxylic acids is 7. The van der Waals surface area contributed by atoms with E-state index in [0.29, 0.717) is 25.7 Å². The molecule has 1 amide bonds. The van der Waals surface area contributed by atoms with Crippen molar-refractivity contribution >= 4 is 41.8 Å². The van der Waals surface area contributed by atoms with Crippen LogP contribution in [-0.2, 0) is 57.2 Å². The van der Waals surface area contributed by atoms with Gasteiger partial charge >= 0.3 is 41.8 Å². The molecule has 71 heavy (non-hydrogen) atoms. The first-order valence-corrected chi connectivity index (χ1v) is 27.8. The first-order chi connectivity index (χ1) is 34.5. The van der Waals surface area contributed by atoms with Crippen LogP contribution < -0.4 is 0 Å². The van der Waals surface area contributed by atoms with Crippen molar-refractivity contribution in [2.45, 2.75) is 239 Å². The number of unbranched alkanes of at least 4 members (excludes halogenated alkanes) is 20. The molecule has 1 fully saturated rings. The summed E-state index contributed by atoms with van der Waals surface area (Å²) in [5, 5.41) is 0. The molecule has 2 rings (SSSR count). The number of carbonyl (C=O) groups is 7. The van der Waals surface area contributed by atoms with E-state index in [2.05, 4.69) is 32.7 Å². The van der Waals surface area contributed by atoms with Crippen molar-refractivity contribution in [3.05, 3.63) is 18.7 Å². The van der Waals surface area contributed by atoms with Crippen LogP contribution in [0.4, 0.5) is 4.79 Å². The van der Waals surface area contributed by atoms with E-state index in [0.717, 1.165) is 128 Å². The number of hydrogen-bond donors (Lipinski definition) is 0. The lowest BCUT2D eigenvalue weighted by atomic mass is 10.0. The van der Waals surface area contributed by atoms with Crippen molar-refractivity contribution < 1.29 is 62.0 Å². The van der Waals surface area contributed by atoms with E-state index in [1.165, 1.54) is 28.2 Å². The van der Waals surface area contributed by atoms with Gasteiger partial charge in [0.2, 0.25) is 0 Å². The molecular weight excluding hydrogens is 911 g/mol. The summed E-state index contributed by atoms with van der Waals surface area (Å²) >= 11 is 0. The molecule has 1 aromatic rings. The number of aromatic nitrogens is 2. The highest BCUT2D eigenvalue weighted by molar-refractivity contribution is 5.77. The fourth-order valence-electron chi connectivity index (χ4n) is 8.47. The van der Waals surface area contributed by atoms with Crippen LogP contribution in [0.2, 0.25) is 0 Å². The lowest BCUT2D eigenvalue weighted by Crippen LogP contribution is -2.52. The van der Waals surface area contributed by atoms with Gasteiger partial charge in [-0.1, -0.05) is 156 Å². The minimum atomic E-state index is -0.894. The number of esters is 6.